The van der Waals surface area contributed by atoms with Crippen LogP contribution >= 0.6 is 0 Å². The van der Waals surface area contributed by atoms with Gasteiger partial charge >= 0.3 is 5.82 Å². The molecule has 0 spiro atoms. The molecule has 1 aromatic heterocycles. The number of aromatic nitrogens is 1. The minimum absolute atomic E-state index is 0.0100. The molecule has 2 heterocycles. The molecule has 5 nitrogen and oxygen atoms in total. The molecule has 0 amide bonds. The van der Waals surface area contributed by atoms with Crippen LogP contribution in [0.15, 0.2) is 12.1 Å². The number of hydrogen-bond donors (Lipinski definition) is 0. The summed E-state index contributed by atoms with van der Waals surface area (Å²) in [7, 11) is 0. The van der Waals surface area contributed by atoms with Crippen LogP contribution in [-0.2, 0) is 6.54 Å². The van der Waals surface area contributed by atoms with Crippen LogP contribution in [0, 0.1) is 10.1 Å². The molecule has 0 saturated carbocycles. The average Bonchev–Trinajstić information content (AvgIpc) is 2.53. The van der Waals surface area contributed by atoms with E-state index in [1.54, 1.807) is 0 Å². The lowest BCUT2D eigenvalue weighted by Crippen LogP contribution is -1.99. The van der Waals surface area contributed by atoms with Gasteiger partial charge in [0.05, 0.1) is 13.0 Å². The number of nitrogens with zero attached hydrogens (tertiary/aromatic N) is 2. The minimum Gasteiger partial charge on any atom is -0.358 e. The van der Waals surface area contributed by atoms with Gasteiger partial charge in [-0.2, -0.15) is 0 Å². The Morgan fingerprint density at radius 1 is 1.50 bits per heavy atom. The van der Waals surface area contributed by atoms with Crippen LogP contribution < -0.4 is 0 Å². The minimum atomic E-state index is -0.470. The molecule has 1 aliphatic heterocycles. The SMILES string of the molecule is O=C1CCn2c1ccc2[N+](=O)[O-]. The summed E-state index contributed by atoms with van der Waals surface area (Å²) in [5.41, 5.74) is 0.460. The van der Waals surface area contributed by atoms with Crippen molar-refractivity contribution < 1.29 is 9.72 Å². The Balaban J connectivity index is 2.56. The van der Waals surface area contributed by atoms with Gasteiger partial charge in [-0.25, -0.2) is 4.57 Å². The predicted octanol–water partition coefficient (Wildman–Crippen LogP) is 0.983. The summed E-state index contributed by atoms with van der Waals surface area (Å²) in [4.78, 5) is 21.0. The number of hydrogen-bond acceptors (Lipinski definition) is 3. The van der Waals surface area contributed by atoms with E-state index in [1.807, 2.05) is 0 Å². The Labute approximate surface area is 67.8 Å². The molecule has 0 bridgehead atoms. The highest BCUT2D eigenvalue weighted by Crippen LogP contribution is 2.23. The third-order valence-corrected chi connectivity index (χ3v) is 1.99. The first-order valence-corrected chi connectivity index (χ1v) is 3.57. The molecule has 2 rings (SSSR count). The number of carbonyl (C=O) groups excluding carboxylic acids is 1. The molecular formula is C7H6N2O3. The van der Waals surface area contributed by atoms with Crippen molar-refractivity contribution in [2.45, 2.75) is 13.0 Å². The molecule has 0 radical (unpaired) electrons. The molecule has 0 unspecified atom stereocenters. The third kappa shape index (κ3) is 0.761. The second-order valence-electron chi connectivity index (χ2n) is 2.66. The first-order chi connectivity index (χ1) is 5.70. The molecule has 0 aromatic carbocycles. The average molecular weight is 166 g/mol. The highest BCUT2D eigenvalue weighted by molar-refractivity contribution is 5.97. The van der Waals surface area contributed by atoms with E-state index in [0.717, 1.165) is 0 Å². The second-order valence-corrected chi connectivity index (χ2v) is 2.66. The van der Waals surface area contributed by atoms with Gasteiger partial charge in [-0.05, 0) is 11.0 Å². The van der Waals surface area contributed by atoms with Crippen molar-refractivity contribution in [2.75, 3.05) is 0 Å². The Kier molecular flexibility index (Phi) is 1.27. The van der Waals surface area contributed by atoms with Gasteiger partial charge in [0, 0.05) is 6.07 Å². The standard InChI is InChI=1S/C7H6N2O3/c10-6-3-4-8-5(6)1-2-7(8)9(11)12/h1-2H,3-4H2. The predicted molar refractivity (Wildman–Crippen MR) is 40.0 cm³/mol. The topological polar surface area (TPSA) is 65.1 Å². The van der Waals surface area contributed by atoms with Gasteiger partial charge < -0.3 is 10.1 Å². The maximum Gasteiger partial charge on any atom is 0.323 e. The maximum atomic E-state index is 11.1. The van der Waals surface area contributed by atoms with Crippen molar-refractivity contribution in [1.82, 2.24) is 4.57 Å². The first-order valence-electron chi connectivity index (χ1n) is 3.57. The highest BCUT2D eigenvalue weighted by atomic mass is 16.6. The van der Waals surface area contributed by atoms with Crippen LogP contribution in [0.4, 0.5) is 5.82 Å². The molecule has 1 aliphatic rings. The zero-order valence-electron chi connectivity index (χ0n) is 6.19. The number of Topliss-reactive ketones (excluding diaryl/α,β-unsaturated/α-hetero) is 1. The smallest absolute Gasteiger partial charge is 0.323 e. The van der Waals surface area contributed by atoms with Gasteiger partial charge in [-0.3, -0.25) is 4.79 Å². The third-order valence-electron chi connectivity index (χ3n) is 1.99. The van der Waals surface area contributed by atoms with Crippen LogP contribution in [-0.4, -0.2) is 15.3 Å². The van der Waals surface area contributed by atoms with Crippen molar-refractivity contribution in [1.29, 1.82) is 0 Å². The number of carbonyl (C=O) groups is 1. The van der Waals surface area contributed by atoms with Gasteiger partial charge in [0.15, 0.2) is 5.69 Å². The Bertz CT molecular complexity index is 367. The molecule has 0 fully saturated rings. The largest absolute Gasteiger partial charge is 0.358 e. The van der Waals surface area contributed by atoms with E-state index in [1.165, 1.54) is 16.7 Å². The normalized spacial score (nSPS) is 14.8. The molecule has 12 heavy (non-hydrogen) atoms. The number of nitro groups is 1. The molecule has 0 saturated heterocycles. The zero-order valence-corrected chi connectivity index (χ0v) is 6.19. The number of rotatable bonds is 1. The zero-order chi connectivity index (χ0) is 8.72. The quantitative estimate of drug-likeness (QED) is 0.461. The van der Waals surface area contributed by atoms with Crippen molar-refractivity contribution >= 4 is 11.6 Å². The van der Waals surface area contributed by atoms with Gasteiger partial charge in [0.1, 0.15) is 0 Å². The molecule has 0 atom stereocenters. The summed E-state index contributed by atoms with van der Waals surface area (Å²) < 4.78 is 1.45. The summed E-state index contributed by atoms with van der Waals surface area (Å²) >= 11 is 0. The number of ketones is 1. The molecular weight excluding hydrogens is 160 g/mol. The fourth-order valence-corrected chi connectivity index (χ4v) is 1.44. The van der Waals surface area contributed by atoms with E-state index < -0.39 is 4.92 Å². The molecule has 5 heteroatoms. The summed E-state index contributed by atoms with van der Waals surface area (Å²) in [5.74, 6) is -0.000972. The van der Waals surface area contributed by atoms with Crippen molar-refractivity contribution in [3.8, 4) is 0 Å². The van der Waals surface area contributed by atoms with Gasteiger partial charge in [-0.1, -0.05) is 0 Å². The van der Waals surface area contributed by atoms with Crippen molar-refractivity contribution in [2.24, 2.45) is 0 Å². The fraction of sp³-hybridized carbons (Fsp3) is 0.286. The van der Waals surface area contributed by atoms with Gasteiger partial charge in [-0.15, -0.1) is 0 Å². The van der Waals surface area contributed by atoms with Crippen LogP contribution in [0.25, 0.3) is 0 Å². The summed E-state index contributed by atoms with van der Waals surface area (Å²) in [6, 6.07) is 2.87. The van der Waals surface area contributed by atoms with Crippen molar-refractivity contribution in [3.05, 3.63) is 27.9 Å². The summed E-state index contributed by atoms with van der Waals surface area (Å²) in [5, 5.41) is 10.4. The van der Waals surface area contributed by atoms with Gasteiger partial charge in [0.2, 0.25) is 5.78 Å². The molecule has 62 valence electrons. The van der Waals surface area contributed by atoms with E-state index in [9.17, 15) is 14.9 Å². The lowest BCUT2D eigenvalue weighted by Gasteiger charge is -1.94. The maximum absolute atomic E-state index is 11.1. The van der Waals surface area contributed by atoms with E-state index >= 15 is 0 Å². The fourth-order valence-electron chi connectivity index (χ4n) is 1.44. The lowest BCUT2D eigenvalue weighted by atomic mass is 10.3. The van der Waals surface area contributed by atoms with Crippen LogP contribution in [0.5, 0.6) is 0 Å². The summed E-state index contributed by atoms with van der Waals surface area (Å²) in [6.45, 7) is 0.442. The van der Waals surface area contributed by atoms with Crippen LogP contribution in [0.3, 0.4) is 0 Å². The van der Waals surface area contributed by atoms with Crippen molar-refractivity contribution in [3.63, 3.8) is 0 Å². The molecule has 1 aromatic rings. The first kappa shape index (κ1) is 7.02. The van der Waals surface area contributed by atoms with Crippen LogP contribution in [0.1, 0.15) is 16.9 Å². The molecule has 0 aliphatic carbocycles. The lowest BCUT2D eigenvalue weighted by molar-refractivity contribution is -0.392. The Morgan fingerprint density at radius 2 is 2.25 bits per heavy atom. The van der Waals surface area contributed by atoms with Gasteiger partial charge in [0.25, 0.3) is 0 Å². The monoisotopic (exact) mass is 166 g/mol. The Morgan fingerprint density at radius 3 is 2.92 bits per heavy atom. The Hall–Kier alpha value is -1.65. The van der Waals surface area contributed by atoms with E-state index in [-0.39, 0.29) is 11.6 Å². The van der Waals surface area contributed by atoms with E-state index in [2.05, 4.69) is 0 Å². The highest BCUT2D eigenvalue weighted by Gasteiger charge is 2.29. The van der Waals surface area contributed by atoms with E-state index in [0.29, 0.717) is 18.7 Å². The second kappa shape index (κ2) is 2.17. The summed E-state index contributed by atoms with van der Waals surface area (Å²) in [6.07, 6.45) is 0.386. The van der Waals surface area contributed by atoms with Crippen LogP contribution in [0.2, 0.25) is 0 Å². The number of fused-ring (bicyclic) bond motifs is 1. The molecule has 0 N–H and O–H groups in total. The van der Waals surface area contributed by atoms with E-state index in [4.69, 9.17) is 0 Å².